The summed E-state index contributed by atoms with van der Waals surface area (Å²) in [6, 6.07) is 4.76. The lowest BCUT2D eigenvalue weighted by Crippen LogP contribution is -2.50. The van der Waals surface area contributed by atoms with E-state index >= 15 is 0 Å². The number of aliphatic hydroxyl groups excluding tert-OH is 5. The number of hydrogen-bond donors (Lipinski definition) is 5. The fourth-order valence-corrected chi connectivity index (χ4v) is 2.35. The molecule has 5 atom stereocenters. The molecule has 9 heteroatoms. The van der Waals surface area contributed by atoms with Gasteiger partial charge in [-0.05, 0) is 18.1 Å². The zero-order chi connectivity index (χ0) is 19.9. The number of benzene rings is 1. The smallest absolute Gasteiger partial charge is 0.394 e. The summed E-state index contributed by atoms with van der Waals surface area (Å²) in [7, 11) is 0. The Labute approximate surface area is 148 Å². The van der Waals surface area contributed by atoms with E-state index in [0.717, 1.165) is 6.07 Å². The molecule has 0 amide bonds. The van der Waals surface area contributed by atoms with Crippen LogP contribution in [0.5, 0.6) is 0 Å². The van der Waals surface area contributed by atoms with Crippen LogP contribution in [0.2, 0.25) is 0 Å². The van der Waals surface area contributed by atoms with E-state index in [-0.39, 0.29) is 12.0 Å². The van der Waals surface area contributed by atoms with Crippen LogP contribution >= 0.6 is 0 Å². The van der Waals surface area contributed by atoms with Crippen molar-refractivity contribution in [2.75, 3.05) is 6.61 Å². The van der Waals surface area contributed by atoms with Gasteiger partial charge in [-0.1, -0.05) is 24.3 Å². The van der Waals surface area contributed by atoms with E-state index in [2.05, 4.69) is 6.58 Å². The molecule has 1 aromatic rings. The Hall–Kier alpha value is -1.49. The lowest BCUT2D eigenvalue weighted by atomic mass is 9.97. The number of aliphatic hydroxyl groups is 5. The van der Waals surface area contributed by atoms with E-state index < -0.39 is 55.5 Å². The summed E-state index contributed by atoms with van der Waals surface area (Å²) in [5, 5.41) is 47.8. The van der Waals surface area contributed by atoms with Gasteiger partial charge in [0, 0.05) is 0 Å². The minimum Gasteiger partial charge on any atom is -0.394 e. The van der Waals surface area contributed by atoms with Crippen LogP contribution in [0, 0.1) is 0 Å². The maximum absolute atomic E-state index is 13.0. The highest BCUT2D eigenvalue weighted by Crippen LogP contribution is 2.32. The van der Waals surface area contributed by atoms with Gasteiger partial charge in [-0.25, -0.2) is 0 Å². The van der Waals surface area contributed by atoms with Crippen LogP contribution in [0.15, 0.2) is 36.9 Å². The topological polar surface area (TPSA) is 110 Å². The highest BCUT2D eigenvalue weighted by atomic mass is 19.4. The Balaban J connectivity index is 2.88. The third-order valence-corrected chi connectivity index (χ3v) is 3.84. The number of rotatable bonds is 10. The second kappa shape index (κ2) is 10.0. The van der Waals surface area contributed by atoms with Gasteiger partial charge < -0.3 is 30.3 Å². The Kier molecular flexibility index (Phi) is 8.68. The molecule has 148 valence electrons. The predicted octanol–water partition coefficient (Wildman–Crippen LogP) is 0.603. The summed E-state index contributed by atoms with van der Waals surface area (Å²) in [5.41, 5.74) is -1.05. The van der Waals surface area contributed by atoms with Crippen molar-refractivity contribution in [3.8, 4) is 0 Å². The van der Waals surface area contributed by atoms with Crippen LogP contribution in [0.25, 0.3) is 0 Å². The molecule has 0 bridgehead atoms. The predicted molar refractivity (Wildman–Crippen MR) is 85.9 cm³/mol. The molecule has 5 unspecified atom stereocenters. The maximum Gasteiger partial charge on any atom is 0.416 e. The Morgan fingerprint density at radius 3 is 2.19 bits per heavy atom. The highest BCUT2D eigenvalue weighted by molar-refractivity contribution is 5.29. The summed E-state index contributed by atoms with van der Waals surface area (Å²) in [6.07, 6.45) is -11.7. The summed E-state index contributed by atoms with van der Waals surface area (Å²) >= 11 is 0. The third kappa shape index (κ3) is 6.04. The summed E-state index contributed by atoms with van der Waals surface area (Å²) in [5.74, 6) is 0. The monoisotopic (exact) mass is 380 g/mol. The van der Waals surface area contributed by atoms with Gasteiger partial charge in [0.25, 0.3) is 0 Å². The SMILES string of the molecule is C=CCC(OCc1ccccc1C(F)(F)F)C(O)C(O)C(O)C(O)CO. The standard InChI is InChI=1S/C17H23F3O6/c1-2-5-13(15(24)16(25)14(23)12(22)8-21)26-9-10-6-3-4-7-11(10)17(18,19)20/h2-4,6-7,12-16,21-25H,1,5,8-9H2. The first kappa shape index (κ1) is 22.6. The zero-order valence-corrected chi connectivity index (χ0v) is 13.9. The molecule has 1 rings (SSSR count). The number of halogens is 3. The molecule has 26 heavy (non-hydrogen) atoms. The van der Waals surface area contributed by atoms with Crippen LogP contribution in [-0.2, 0) is 17.5 Å². The van der Waals surface area contributed by atoms with E-state index in [4.69, 9.17) is 9.84 Å². The molecule has 0 aromatic heterocycles. The van der Waals surface area contributed by atoms with Gasteiger partial charge in [-0.2, -0.15) is 13.2 Å². The van der Waals surface area contributed by atoms with Gasteiger partial charge in [0.05, 0.1) is 24.9 Å². The first-order valence-corrected chi connectivity index (χ1v) is 7.84. The average molecular weight is 380 g/mol. The van der Waals surface area contributed by atoms with Crippen molar-refractivity contribution >= 4 is 0 Å². The van der Waals surface area contributed by atoms with E-state index in [1.165, 1.54) is 24.3 Å². The van der Waals surface area contributed by atoms with E-state index in [1.54, 1.807) is 0 Å². The molecule has 0 saturated heterocycles. The molecule has 6 nitrogen and oxygen atoms in total. The normalized spacial score (nSPS) is 18.0. The Bertz CT molecular complexity index is 566. The highest BCUT2D eigenvalue weighted by Gasteiger charge is 2.36. The lowest BCUT2D eigenvalue weighted by molar-refractivity contribution is -0.154. The first-order valence-electron chi connectivity index (χ1n) is 7.84. The Morgan fingerprint density at radius 1 is 1.04 bits per heavy atom. The number of ether oxygens (including phenoxy) is 1. The van der Waals surface area contributed by atoms with Crippen LogP contribution < -0.4 is 0 Å². The first-order chi connectivity index (χ1) is 12.1. The van der Waals surface area contributed by atoms with E-state index in [1.807, 2.05) is 0 Å². The molecule has 5 N–H and O–H groups in total. The van der Waals surface area contributed by atoms with Gasteiger partial charge in [0.2, 0.25) is 0 Å². The molecule has 0 radical (unpaired) electrons. The second-order valence-corrected chi connectivity index (χ2v) is 5.75. The summed E-state index contributed by atoms with van der Waals surface area (Å²) in [6.45, 7) is 2.09. The van der Waals surface area contributed by atoms with Crippen LogP contribution in [0.3, 0.4) is 0 Å². The zero-order valence-electron chi connectivity index (χ0n) is 13.9. The largest absolute Gasteiger partial charge is 0.416 e. The van der Waals surface area contributed by atoms with Crippen LogP contribution in [0.1, 0.15) is 17.5 Å². The van der Waals surface area contributed by atoms with Crippen LogP contribution in [-0.4, -0.2) is 62.7 Å². The molecule has 0 aliphatic carbocycles. The maximum atomic E-state index is 13.0. The third-order valence-electron chi connectivity index (χ3n) is 3.84. The van der Waals surface area contributed by atoms with Crippen molar-refractivity contribution in [3.05, 3.63) is 48.0 Å². The molecular formula is C17H23F3O6. The van der Waals surface area contributed by atoms with E-state index in [9.17, 15) is 33.6 Å². The quantitative estimate of drug-likeness (QED) is 0.380. The van der Waals surface area contributed by atoms with Crippen molar-refractivity contribution < 1.29 is 43.4 Å². The molecule has 0 aliphatic rings. The minimum absolute atomic E-state index is 0.0334. The lowest BCUT2D eigenvalue weighted by Gasteiger charge is -2.30. The minimum atomic E-state index is -4.58. The van der Waals surface area contributed by atoms with E-state index in [0.29, 0.717) is 0 Å². The van der Waals surface area contributed by atoms with Gasteiger partial charge in [0.1, 0.15) is 24.4 Å². The second-order valence-electron chi connectivity index (χ2n) is 5.75. The molecule has 1 aromatic carbocycles. The van der Waals surface area contributed by atoms with Gasteiger partial charge in [-0.3, -0.25) is 0 Å². The van der Waals surface area contributed by atoms with Crippen molar-refractivity contribution in [2.45, 2.75) is 49.7 Å². The van der Waals surface area contributed by atoms with Crippen molar-refractivity contribution in [2.24, 2.45) is 0 Å². The molecule has 0 fully saturated rings. The van der Waals surface area contributed by atoms with Gasteiger partial charge in [-0.15, -0.1) is 6.58 Å². The molecule has 0 saturated carbocycles. The fraction of sp³-hybridized carbons (Fsp3) is 0.529. The molecule has 0 aliphatic heterocycles. The van der Waals surface area contributed by atoms with Crippen LogP contribution in [0.4, 0.5) is 13.2 Å². The van der Waals surface area contributed by atoms with Gasteiger partial charge >= 0.3 is 6.18 Å². The molecular weight excluding hydrogens is 357 g/mol. The molecule has 0 spiro atoms. The number of alkyl halides is 3. The van der Waals surface area contributed by atoms with Crippen molar-refractivity contribution in [1.29, 1.82) is 0 Å². The van der Waals surface area contributed by atoms with Crippen molar-refractivity contribution in [1.82, 2.24) is 0 Å². The van der Waals surface area contributed by atoms with Crippen molar-refractivity contribution in [3.63, 3.8) is 0 Å². The average Bonchev–Trinajstić information content (AvgIpc) is 2.62. The Morgan fingerprint density at radius 2 is 1.65 bits per heavy atom. The van der Waals surface area contributed by atoms with Gasteiger partial charge in [0.15, 0.2) is 0 Å². The fourth-order valence-electron chi connectivity index (χ4n) is 2.35. The summed E-state index contributed by atoms with van der Waals surface area (Å²) in [4.78, 5) is 0. The summed E-state index contributed by atoms with van der Waals surface area (Å²) < 4.78 is 44.3. The number of hydrogen-bond acceptors (Lipinski definition) is 6. The molecule has 0 heterocycles.